The Kier molecular flexibility index (Phi) is 4.76. The first kappa shape index (κ1) is 13.0. The molecular formula is C11H16BrN3O. The van der Waals surface area contributed by atoms with Crippen LogP contribution in [0.25, 0.3) is 0 Å². The van der Waals surface area contributed by atoms with E-state index in [1.54, 1.807) is 30.1 Å². The smallest absolute Gasteiger partial charge is 0.253 e. The molecule has 0 saturated heterocycles. The molecule has 88 valence electrons. The van der Waals surface area contributed by atoms with Gasteiger partial charge in [0.25, 0.3) is 5.91 Å². The summed E-state index contributed by atoms with van der Waals surface area (Å²) >= 11 is 3.32. The van der Waals surface area contributed by atoms with Crippen molar-refractivity contribution < 1.29 is 4.79 Å². The van der Waals surface area contributed by atoms with Gasteiger partial charge in [-0.3, -0.25) is 4.79 Å². The largest absolute Gasteiger partial charge is 0.399 e. The van der Waals surface area contributed by atoms with Crippen molar-refractivity contribution in [2.24, 2.45) is 0 Å². The minimum Gasteiger partial charge on any atom is -0.399 e. The molecule has 1 amide bonds. The molecule has 0 spiro atoms. The number of likely N-dealkylation sites (N-methyl/N-ethyl adjacent to an activating group) is 2. The molecule has 0 aliphatic heterocycles. The second kappa shape index (κ2) is 5.86. The second-order valence-electron chi connectivity index (χ2n) is 3.60. The number of nitrogen functional groups attached to an aromatic ring is 1. The van der Waals surface area contributed by atoms with Gasteiger partial charge in [-0.15, -0.1) is 0 Å². The van der Waals surface area contributed by atoms with Crippen LogP contribution in [-0.4, -0.2) is 38.0 Å². The number of carbonyl (C=O) groups is 1. The van der Waals surface area contributed by atoms with E-state index in [0.29, 0.717) is 17.8 Å². The van der Waals surface area contributed by atoms with Crippen molar-refractivity contribution in [1.29, 1.82) is 0 Å². The molecule has 0 aromatic heterocycles. The number of nitrogens with two attached hydrogens (primary N) is 1. The molecule has 1 rings (SSSR count). The van der Waals surface area contributed by atoms with E-state index in [1.807, 2.05) is 7.05 Å². The summed E-state index contributed by atoms with van der Waals surface area (Å²) in [5.41, 5.74) is 6.87. The fourth-order valence-electron chi connectivity index (χ4n) is 1.34. The highest BCUT2D eigenvalue weighted by molar-refractivity contribution is 9.10. The predicted molar refractivity (Wildman–Crippen MR) is 69.4 cm³/mol. The lowest BCUT2D eigenvalue weighted by atomic mass is 10.2. The van der Waals surface area contributed by atoms with E-state index in [4.69, 9.17) is 5.73 Å². The molecule has 0 aliphatic carbocycles. The van der Waals surface area contributed by atoms with E-state index in [9.17, 15) is 4.79 Å². The summed E-state index contributed by atoms with van der Waals surface area (Å²) in [6, 6.07) is 5.22. The van der Waals surface area contributed by atoms with E-state index >= 15 is 0 Å². The summed E-state index contributed by atoms with van der Waals surface area (Å²) in [6.07, 6.45) is 0. The van der Waals surface area contributed by atoms with Gasteiger partial charge in [0.15, 0.2) is 0 Å². The van der Waals surface area contributed by atoms with E-state index in [0.717, 1.165) is 11.0 Å². The van der Waals surface area contributed by atoms with Crippen molar-refractivity contribution in [1.82, 2.24) is 10.2 Å². The molecular weight excluding hydrogens is 270 g/mol. The average Bonchev–Trinajstić information content (AvgIpc) is 2.23. The topological polar surface area (TPSA) is 58.4 Å². The van der Waals surface area contributed by atoms with Crippen molar-refractivity contribution in [3.8, 4) is 0 Å². The second-order valence-corrected chi connectivity index (χ2v) is 4.52. The van der Waals surface area contributed by atoms with Crippen molar-refractivity contribution in [2.75, 3.05) is 32.9 Å². The lowest BCUT2D eigenvalue weighted by Crippen LogP contribution is -2.32. The minimum absolute atomic E-state index is 0.0248. The summed E-state index contributed by atoms with van der Waals surface area (Å²) in [5.74, 6) is -0.0248. The molecule has 16 heavy (non-hydrogen) atoms. The first-order valence-corrected chi connectivity index (χ1v) is 5.80. The number of amides is 1. The van der Waals surface area contributed by atoms with Gasteiger partial charge in [-0.05, 0) is 25.2 Å². The Morgan fingerprint density at radius 2 is 2.19 bits per heavy atom. The van der Waals surface area contributed by atoms with Gasteiger partial charge < -0.3 is 16.0 Å². The molecule has 0 radical (unpaired) electrons. The van der Waals surface area contributed by atoms with Crippen LogP contribution in [0.15, 0.2) is 22.7 Å². The Labute approximate surface area is 104 Å². The Morgan fingerprint density at radius 3 is 2.75 bits per heavy atom. The molecule has 1 aromatic rings. The van der Waals surface area contributed by atoms with Gasteiger partial charge in [-0.2, -0.15) is 0 Å². The van der Waals surface area contributed by atoms with Crippen LogP contribution in [0.2, 0.25) is 0 Å². The van der Waals surface area contributed by atoms with Crippen molar-refractivity contribution in [2.45, 2.75) is 0 Å². The summed E-state index contributed by atoms with van der Waals surface area (Å²) in [5, 5.41) is 3.00. The zero-order valence-corrected chi connectivity index (χ0v) is 11.0. The Balaban J connectivity index is 2.79. The number of rotatable bonds is 4. The lowest BCUT2D eigenvalue weighted by Gasteiger charge is -2.17. The zero-order valence-electron chi connectivity index (χ0n) is 9.46. The summed E-state index contributed by atoms with van der Waals surface area (Å²) in [7, 11) is 3.63. The molecule has 0 bridgehead atoms. The fraction of sp³-hybridized carbons (Fsp3) is 0.364. The molecule has 4 nitrogen and oxygen atoms in total. The fourth-order valence-corrected chi connectivity index (χ4v) is 1.85. The third kappa shape index (κ3) is 3.50. The van der Waals surface area contributed by atoms with Gasteiger partial charge in [0.2, 0.25) is 0 Å². The molecule has 0 unspecified atom stereocenters. The molecule has 0 atom stereocenters. The Bertz CT molecular complexity index is 361. The number of hydrogen-bond donors (Lipinski definition) is 2. The molecule has 0 saturated carbocycles. The normalized spacial score (nSPS) is 10.2. The number of carbonyl (C=O) groups excluding carboxylic acids is 1. The van der Waals surface area contributed by atoms with Crippen LogP contribution in [0.1, 0.15) is 10.4 Å². The number of halogens is 1. The van der Waals surface area contributed by atoms with Gasteiger partial charge >= 0.3 is 0 Å². The van der Waals surface area contributed by atoms with Gasteiger partial charge in [0, 0.05) is 35.9 Å². The maximum Gasteiger partial charge on any atom is 0.253 e. The van der Waals surface area contributed by atoms with Crippen LogP contribution < -0.4 is 11.1 Å². The van der Waals surface area contributed by atoms with Gasteiger partial charge in [-0.1, -0.05) is 15.9 Å². The molecule has 3 N–H and O–H groups in total. The molecule has 0 fully saturated rings. The monoisotopic (exact) mass is 285 g/mol. The molecule has 0 aliphatic rings. The predicted octanol–water partition coefficient (Wildman–Crippen LogP) is 1.32. The third-order valence-electron chi connectivity index (χ3n) is 2.21. The quantitative estimate of drug-likeness (QED) is 0.821. The van der Waals surface area contributed by atoms with Crippen LogP contribution in [0, 0.1) is 0 Å². The van der Waals surface area contributed by atoms with Crippen LogP contribution in [0.5, 0.6) is 0 Å². The highest BCUT2D eigenvalue weighted by atomic mass is 79.9. The maximum atomic E-state index is 12.0. The highest BCUT2D eigenvalue weighted by Crippen LogP contribution is 2.18. The summed E-state index contributed by atoms with van der Waals surface area (Å²) in [4.78, 5) is 13.6. The number of hydrogen-bond acceptors (Lipinski definition) is 3. The number of nitrogens with zero attached hydrogens (tertiary/aromatic N) is 1. The van der Waals surface area contributed by atoms with Crippen molar-refractivity contribution in [3.63, 3.8) is 0 Å². The summed E-state index contributed by atoms with van der Waals surface area (Å²) < 4.78 is 0.817. The lowest BCUT2D eigenvalue weighted by molar-refractivity contribution is 0.0797. The molecule has 0 heterocycles. The van der Waals surface area contributed by atoms with Crippen molar-refractivity contribution in [3.05, 3.63) is 28.2 Å². The first-order valence-electron chi connectivity index (χ1n) is 5.00. The van der Waals surface area contributed by atoms with Crippen molar-refractivity contribution >= 4 is 27.5 Å². The number of anilines is 1. The van der Waals surface area contributed by atoms with Crippen LogP contribution in [0.4, 0.5) is 5.69 Å². The van der Waals surface area contributed by atoms with E-state index in [-0.39, 0.29) is 5.91 Å². The number of nitrogens with one attached hydrogen (secondary N) is 1. The van der Waals surface area contributed by atoms with E-state index in [1.165, 1.54) is 0 Å². The Hall–Kier alpha value is -1.07. The zero-order chi connectivity index (χ0) is 12.1. The third-order valence-corrected chi connectivity index (χ3v) is 2.67. The summed E-state index contributed by atoms with van der Waals surface area (Å²) in [6.45, 7) is 1.44. The van der Waals surface area contributed by atoms with Crippen LogP contribution in [-0.2, 0) is 0 Å². The number of benzene rings is 1. The van der Waals surface area contributed by atoms with Gasteiger partial charge in [-0.25, -0.2) is 0 Å². The van der Waals surface area contributed by atoms with Crippen LogP contribution in [0.3, 0.4) is 0 Å². The van der Waals surface area contributed by atoms with Gasteiger partial charge in [0.1, 0.15) is 0 Å². The first-order chi connectivity index (χ1) is 7.54. The minimum atomic E-state index is -0.0248. The van der Waals surface area contributed by atoms with E-state index < -0.39 is 0 Å². The average molecular weight is 286 g/mol. The highest BCUT2D eigenvalue weighted by Gasteiger charge is 2.11. The Morgan fingerprint density at radius 1 is 1.50 bits per heavy atom. The van der Waals surface area contributed by atoms with E-state index in [2.05, 4.69) is 21.2 Å². The SMILES string of the molecule is CNCCN(C)C(=O)c1cc(N)cc(Br)c1. The standard InChI is InChI=1S/C11H16BrN3O/c1-14-3-4-15(2)11(16)8-5-9(12)7-10(13)6-8/h5-7,14H,3-4,13H2,1-2H3. The van der Waals surface area contributed by atoms with Crippen LogP contribution >= 0.6 is 15.9 Å². The van der Waals surface area contributed by atoms with Gasteiger partial charge in [0.05, 0.1) is 0 Å². The molecule has 5 heteroatoms. The maximum absolute atomic E-state index is 12.0. The molecule has 1 aromatic carbocycles.